The number of amides is 2. The smallest absolute Gasteiger partial charge is 0.255 e. The fraction of sp³-hybridized carbons (Fsp3) is 0.154. The predicted molar refractivity (Wildman–Crippen MR) is 123 cm³/mol. The van der Waals surface area contributed by atoms with E-state index in [0.717, 1.165) is 16.8 Å². The highest BCUT2D eigenvalue weighted by Gasteiger charge is 2.55. The lowest BCUT2D eigenvalue weighted by Gasteiger charge is -2.48. The summed E-state index contributed by atoms with van der Waals surface area (Å²) in [5.74, 6) is 0.332. The van der Waals surface area contributed by atoms with Gasteiger partial charge in [0.2, 0.25) is 5.91 Å². The molecule has 5 heteroatoms. The van der Waals surface area contributed by atoms with Crippen LogP contribution in [0.5, 0.6) is 5.75 Å². The number of hydrogen-bond donors (Lipinski definition) is 1. The van der Waals surface area contributed by atoms with Crippen molar-refractivity contribution in [2.24, 2.45) is 0 Å². The molecule has 0 radical (unpaired) electrons. The van der Waals surface area contributed by atoms with E-state index in [2.05, 4.69) is 5.32 Å². The third-order valence-electron chi connectivity index (χ3n) is 5.54. The Morgan fingerprint density at radius 2 is 1.68 bits per heavy atom. The van der Waals surface area contributed by atoms with Gasteiger partial charge < -0.3 is 10.1 Å². The molecular formula is C26H24N2O3. The van der Waals surface area contributed by atoms with Crippen LogP contribution in [0.1, 0.15) is 17.5 Å². The molecule has 0 saturated carbocycles. The zero-order chi connectivity index (χ0) is 21.8. The van der Waals surface area contributed by atoms with Gasteiger partial charge in [0, 0.05) is 11.4 Å². The van der Waals surface area contributed by atoms with Crippen LogP contribution in [0.25, 0.3) is 6.08 Å². The molecule has 0 bridgehead atoms. The van der Waals surface area contributed by atoms with Crippen molar-refractivity contribution in [3.8, 4) is 5.75 Å². The van der Waals surface area contributed by atoms with Crippen LogP contribution in [0.2, 0.25) is 0 Å². The van der Waals surface area contributed by atoms with Crippen molar-refractivity contribution in [3.05, 3.63) is 96.1 Å². The third-order valence-corrected chi connectivity index (χ3v) is 5.54. The first-order valence-electron chi connectivity index (χ1n) is 10.1. The van der Waals surface area contributed by atoms with Gasteiger partial charge in [-0.1, -0.05) is 54.6 Å². The Hall–Kier alpha value is -3.86. The second kappa shape index (κ2) is 8.48. The van der Waals surface area contributed by atoms with Crippen LogP contribution in [-0.2, 0) is 9.59 Å². The number of methoxy groups -OCH3 is 1. The zero-order valence-electron chi connectivity index (χ0n) is 17.5. The summed E-state index contributed by atoms with van der Waals surface area (Å²) in [6.45, 7) is 1.94. The van der Waals surface area contributed by atoms with Crippen molar-refractivity contribution >= 4 is 29.3 Å². The molecule has 0 unspecified atom stereocenters. The number of hydrogen-bond acceptors (Lipinski definition) is 3. The molecule has 1 aliphatic heterocycles. The van der Waals surface area contributed by atoms with Crippen LogP contribution in [0.4, 0.5) is 11.4 Å². The molecule has 1 N–H and O–H groups in total. The SMILES string of the molecule is COc1ccc(N2C(=O)C[C@@]2(/C=C/c2ccccc2)C(=O)Nc2ccccc2C)cc1. The van der Waals surface area contributed by atoms with Crippen LogP contribution in [-0.4, -0.2) is 24.5 Å². The Bertz CT molecular complexity index is 1120. The first kappa shape index (κ1) is 20.4. The fourth-order valence-corrected chi connectivity index (χ4v) is 3.76. The number of rotatable bonds is 6. The Kier molecular flexibility index (Phi) is 5.58. The molecule has 2 amide bonds. The van der Waals surface area contributed by atoms with Gasteiger partial charge in [0.15, 0.2) is 5.54 Å². The molecule has 1 heterocycles. The first-order valence-corrected chi connectivity index (χ1v) is 10.1. The number of aryl methyl sites for hydroxylation is 1. The summed E-state index contributed by atoms with van der Waals surface area (Å²) in [5, 5.41) is 3.02. The average molecular weight is 412 g/mol. The van der Waals surface area contributed by atoms with Gasteiger partial charge in [0.25, 0.3) is 5.91 Å². The highest BCUT2D eigenvalue weighted by atomic mass is 16.5. The third kappa shape index (κ3) is 3.94. The Labute approximate surface area is 182 Å². The average Bonchev–Trinajstić information content (AvgIpc) is 2.79. The second-order valence-corrected chi connectivity index (χ2v) is 7.54. The van der Waals surface area contributed by atoms with Gasteiger partial charge in [-0.15, -0.1) is 0 Å². The fourth-order valence-electron chi connectivity index (χ4n) is 3.76. The molecule has 156 valence electrons. The van der Waals surface area contributed by atoms with Gasteiger partial charge in [0.1, 0.15) is 5.75 Å². The van der Waals surface area contributed by atoms with E-state index in [9.17, 15) is 9.59 Å². The van der Waals surface area contributed by atoms with E-state index >= 15 is 0 Å². The van der Waals surface area contributed by atoms with Crippen LogP contribution < -0.4 is 15.0 Å². The van der Waals surface area contributed by atoms with Gasteiger partial charge >= 0.3 is 0 Å². The van der Waals surface area contributed by atoms with Crippen molar-refractivity contribution in [1.29, 1.82) is 0 Å². The minimum atomic E-state index is -1.12. The monoisotopic (exact) mass is 412 g/mol. The minimum Gasteiger partial charge on any atom is -0.497 e. The summed E-state index contributed by atoms with van der Waals surface area (Å²) in [4.78, 5) is 27.8. The molecule has 1 atom stereocenters. The van der Waals surface area contributed by atoms with E-state index in [-0.39, 0.29) is 18.2 Å². The lowest BCUT2D eigenvalue weighted by atomic mass is 9.81. The Balaban J connectivity index is 1.73. The number of nitrogens with zero attached hydrogens (tertiary/aromatic N) is 1. The summed E-state index contributed by atoms with van der Waals surface area (Å²) < 4.78 is 5.23. The number of carbonyl (C=O) groups excluding carboxylic acids is 2. The molecule has 3 aromatic rings. The van der Waals surface area contributed by atoms with E-state index in [1.165, 1.54) is 0 Å². The van der Waals surface area contributed by atoms with Crippen LogP contribution in [0.3, 0.4) is 0 Å². The molecule has 1 saturated heterocycles. The molecule has 0 aliphatic carbocycles. The summed E-state index contributed by atoms with van der Waals surface area (Å²) in [6.07, 6.45) is 3.81. The van der Waals surface area contributed by atoms with Crippen molar-refractivity contribution < 1.29 is 14.3 Å². The van der Waals surface area contributed by atoms with E-state index in [0.29, 0.717) is 11.4 Å². The summed E-state index contributed by atoms with van der Waals surface area (Å²) in [6, 6.07) is 24.5. The molecule has 5 nitrogen and oxygen atoms in total. The van der Waals surface area contributed by atoms with E-state index < -0.39 is 5.54 Å². The Morgan fingerprint density at radius 3 is 2.32 bits per heavy atom. The standard InChI is InChI=1S/C26H24N2O3/c1-19-8-6-7-11-23(19)27-25(30)26(17-16-20-9-4-3-5-10-20)18-24(29)28(26)21-12-14-22(31-2)15-13-21/h3-17H,18H2,1-2H3,(H,27,30)/b17-16+/t26-/m0/s1. The molecule has 31 heavy (non-hydrogen) atoms. The number of anilines is 2. The normalized spacial score (nSPS) is 18.0. The Morgan fingerprint density at radius 1 is 1.00 bits per heavy atom. The zero-order valence-corrected chi connectivity index (χ0v) is 17.5. The van der Waals surface area contributed by atoms with Crippen LogP contribution in [0.15, 0.2) is 84.9 Å². The number of ether oxygens (including phenoxy) is 1. The maximum absolute atomic E-state index is 13.6. The molecule has 0 spiro atoms. The van der Waals surface area contributed by atoms with E-state index in [1.54, 1.807) is 36.3 Å². The van der Waals surface area contributed by atoms with Gasteiger partial charge in [-0.05, 0) is 54.5 Å². The lowest BCUT2D eigenvalue weighted by Crippen LogP contribution is -2.68. The van der Waals surface area contributed by atoms with Crippen LogP contribution in [0, 0.1) is 6.92 Å². The van der Waals surface area contributed by atoms with Gasteiger partial charge in [-0.25, -0.2) is 0 Å². The van der Waals surface area contributed by atoms with Crippen molar-refractivity contribution in [1.82, 2.24) is 0 Å². The maximum atomic E-state index is 13.6. The summed E-state index contributed by atoms with van der Waals surface area (Å²) in [5.41, 5.74) is 2.17. The van der Waals surface area contributed by atoms with Gasteiger partial charge in [-0.2, -0.15) is 0 Å². The van der Waals surface area contributed by atoms with Crippen LogP contribution >= 0.6 is 0 Å². The topological polar surface area (TPSA) is 58.6 Å². The molecule has 0 aromatic heterocycles. The molecule has 1 aliphatic rings. The number of β-lactam (4-membered cyclic amide) rings is 1. The highest BCUT2D eigenvalue weighted by molar-refractivity contribution is 6.18. The summed E-state index contributed by atoms with van der Waals surface area (Å²) >= 11 is 0. The predicted octanol–water partition coefficient (Wildman–Crippen LogP) is 4.83. The number of nitrogens with one attached hydrogen (secondary N) is 1. The van der Waals surface area contributed by atoms with Gasteiger partial charge in [-0.3, -0.25) is 14.5 Å². The molecule has 1 fully saturated rings. The number of para-hydroxylation sites is 1. The van der Waals surface area contributed by atoms with E-state index in [4.69, 9.17) is 4.74 Å². The largest absolute Gasteiger partial charge is 0.497 e. The maximum Gasteiger partial charge on any atom is 0.255 e. The van der Waals surface area contributed by atoms with E-state index in [1.807, 2.05) is 73.7 Å². The van der Waals surface area contributed by atoms with Crippen molar-refractivity contribution in [3.63, 3.8) is 0 Å². The van der Waals surface area contributed by atoms with Crippen molar-refractivity contribution in [2.45, 2.75) is 18.9 Å². The minimum absolute atomic E-state index is 0.0973. The molecular weight excluding hydrogens is 388 g/mol. The highest BCUT2D eigenvalue weighted by Crippen LogP contribution is 2.40. The molecule has 4 rings (SSSR count). The quantitative estimate of drug-likeness (QED) is 0.590. The first-order chi connectivity index (χ1) is 15.0. The summed E-state index contributed by atoms with van der Waals surface area (Å²) in [7, 11) is 1.59. The second-order valence-electron chi connectivity index (χ2n) is 7.54. The lowest BCUT2D eigenvalue weighted by molar-refractivity contribution is -0.134. The molecule has 3 aromatic carbocycles. The van der Waals surface area contributed by atoms with Crippen molar-refractivity contribution in [2.75, 3.05) is 17.3 Å². The number of benzene rings is 3. The van der Waals surface area contributed by atoms with Gasteiger partial charge in [0.05, 0.1) is 13.5 Å². The number of carbonyl (C=O) groups is 2.